The summed E-state index contributed by atoms with van der Waals surface area (Å²) in [5.41, 5.74) is 2.60. The molecule has 0 aliphatic rings. The molecule has 0 aliphatic heterocycles. The van der Waals surface area contributed by atoms with Crippen LogP contribution in [0.25, 0.3) is 16.6 Å². The van der Waals surface area contributed by atoms with Crippen molar-refractivity contribution in [2.45, 2.75) is 12.1 Å². The number of thioether (sulfide) groups is 1. The third kappa shape index (κ3) is 2.51. The van der Waals surface area contributed by atoms with E-state index >= 15 is 0 Å². The molecule has 0 N–H and O–H groups in total. The maximum absolute atomic E-state index is 12.9. The van der Waals surface area contributed by atoms with Gasteiger partial charge in [-0.1, -0.05) is 45.9 Å². The molecule has 0 atom stereocenters. The Kier molecular flexibility index (Phi) is 3.87. The number of hydrogen-bond donors (Lipinski definition) is 0. The first-order valence-corrected chi connectivity index (χ1v) is 8.46. The van der Waals surface area contributed by atoms with Gasteiger partial charge in [0, 0.05) is 4.47 Å². The molecular weight excluding hydrogens is 348 g/mol. The molecule has 0 radical (unpaired) electrons. The number of para-hydroxylation sites is 1. The predicted octanol–water partition coefficient (Wildman–Crippen LogP) is 4.18. The number of rotatable bonds is 2. The van der Waals surface area contributed by atoms with Crippen LogP contribution in [0.4, 0.5) is 0 Å². The van der Waals surface area contributed by atoms with Gasteiger partial charge in [-0.05, 0) is 43.0 Å². The van der Waals surface area contributed by atoms with Crippen LogP contribution in [0.3, 0.4) is 0 Å². The number of fused-ring (bicyclic) bond motifs is 1. The van der Waals surface area contributed by atoms with Crippen LogP contribution in [-0.4, -0.2) is 15.8 Å². The Morgan fingerprint density at radius 3 is 2.67 bits per heavy atom. The van der Waals surface area contributed by atoms with E-state index in [1.165, 1.54) is 11.8 Å². The average Bonchev–Trinajstić information content (AvgIpc) is 2.49. The molecule has 0 saturated carbocycles. The highest BCUT2D eigenvalue weighted by molar-refractivity contribution is 9.10. The van der Waals surface area contributed by atoms with Gasteiger partial charge < -0.3 is 0 Å². The minimum absolute atomic E-state index is 0.0417. The van der Waals surface area contributed by atoms with E-state index in [9.17, 15) is 4.79 Å². The van der Waals surface area contributed by atoms with Crippen molar-refractivity contribution in [3.63, 3.8) is 0 Å². The normalized spacial score (nSPS) is 11.0. The summed E-state index contributed by atoms with van der Waals surface area (Å²) in [6.45, 7) is 2.00. The summed E-state index contributed by atoms with van der Waals surface area (Å²) < 4.78 is 2.57. The molecule has 21 heavy (non-hydrogen) atoms. The van der Waals surface area contributed by atoms with Crippen LogP contribution in [0.1, 0.15) is 5.56 Å². The zero-order chi connectivity index (χ0) is 15.0. The third-order valence-electron chi connectivity index (χ3n) is 3.34. The van der Waals surface area contributed by atoms with Gasteiger partial charge in [-0.15, -0.1) is 0 Å². The first kappa shape index (κ1) is 14.4. The summed E-state index contributed by atoms with van der Waals surface area (Å²) in [5.74, 6) is 0. The molecule has 0 spiro atoms. The van der Waals surface area contributed by atoms with Crippen molar-refractivity contribution in [2.24, 2.45) is 0 Å². The fourth-order valence-electron chi connectivity index (χ4n) is 2.30. The van der Waals surface area contributed by atoms with Gasteiger partial charge in [0.05, 0.1) is 16.6 Å². The van der Waals surface area contributed by atoms with Gasteiger partial charge in [-0.25, -0.2) is 4.98 Å². The summed E-state index contributed by atoms with van der Waals surface area (Å²) >= 11 is 4.89. The predicted molar refractivity (Wildman–Crippen MR) is 91.6 cm³/mol. The molecule has 0 amide bonds. The number of aromatic nitrogens is 2. The van der Waals surface area contributed by atoms with E-state index in [0.717, 1.165) is 21.2 Å². The Balaban J connectivity index is 2.44. The van der Waals surface area contributed by atoms with Crippen molar-refractivity contribution < 1.29 is 0 Å². The lowest BCUT2D eigenvalue weighted by molar-refractivity contribution is 0.816. The second kappa shape index (κ2) is 5.66. The molecule has 0 unspecified atom stereocenters. The maximum Gasteiger partial charge on any atom is 0.266 e. The highest BCUT2D eigenvalue weighted by atomic mass is 79.9. The molecular formula is C16H13BrN2OS. The summed E-state index contributed by atoms with van der Waals surface area (Å²) in [6, 6.07) is 13.4. The zero-order valence-corrected chi connectivity index (χ0v) is 14.0. The van der Waals surface area contributed by atoms with Gasteiger partial charge in [0.25, 0.3) is 5.56 Å². The Morgan fingerprint density at radius 2 is 1.95 bits per heavy atom. The number of hydrogen-bond acceptors (Lipinski definition) is 3. The Labute approximate surface area is 135 Å². The average molecular weight is 361 g/mol. The Hall–Kier alpha value is -1.59. The van der Waals surface area contributed by atoms with Crippen LogP contribution in [0.15, 0.2) is 56.9 Å². The molecule has 3 aromatic rings. The van der Waals surface area contributed by atoms with Crippen LogP contribution in [0.5, 0.6) is 0 Å². The van der Waals surface area contributed by atoms with Crippen LogP contribution in [0.2, 0.25) is 0 Å². The quantitative estimate of drug-likeness (QED) is 0.507. The monoisotopic (exact) mass is 360 g/mol. The molecule has 3 nitrogen and oxygen atoms in total. The molecule has 0 aliphatic carbocycles. The van der Waals surface area contributed by atoms with E-state index in [2.05, 4.69) is 20.9 Å². The first-order chi connectivity index (χ1) is 10.1. The van der Waals surface area contributed by atoms with E-state index in [1.807, 2.05) is 55.6 Å². The second-order valence-corrected chi connectivity index (χ2v) is 6.38. The lowest BCUT2D eigenvalue weighted by Crippen LogP contribution is -2.22. The summed E-state index contributed by atoms with van der Waals surface area (Å²) in [5, 5.41) is 1.31. The van der Waals surface area contributed by atoms with Gasteiger partial charge in [0.15, 0.2) is 5.16 Å². The summed E-state index contributed by atoms with van der Waals surface area (Å²) in [6.07, 6.45) is 1.93. The Morgan fingerprint density at radius 1 is 1.19 bits per heavy atom. The molecule has 2 aromatic carbocycles. The highest BCUT2D eigenvalue weighted by Gasteiger charge is 2.13. The molecule has 0 bridgehead atoms. The van der Waals surface area contributed by atoms with E-state index in [4.69, 9.17) is 0 Å². The summed E-state index contributed by atoms with van der Waals surface area (Å²) in [7, 11) is 0. The first-order valence-electron chi connectivity index (χ1n) is 6.44. The number of benzene rings is 2. The summed E-state index contributed by atoms with van der Waals surface area (Å²) in [4.78, 5) is 17.5. The minimum atomic E-state index is -0.0417. The van der Waals surface area contributed by atoms with Gasteiger partial charge in [0.2, 0.25) is 0 Å². The van der Waals surface area contributed by atoms with Crippen LogP contribution in [-0.2, 0) is 0 Å². The molecule has 106 valence electrons. The molecule has 3 rings (SSSR count). The van der Waals surface area contributed by atoms with Crippen LogP contribution >= 0.6 is 27.7 Å². The van der Waals surface area contributed by atoms with E-state index in [1.54, 1.807) is 4.57 Å². The lowest BCUT2D eigenvalue weighted by Gasteiger charge is -2.14. The maximum atomic E-state index is 12.9. The zero-order valence-electron chi connectivity index (χ0n) is 11.6. The number of aryl methyl sites for hydroxylation is 1. The van der Waals surface area contributed by atoms with Gasteiger partial charge in [-0.3, -0.25) is 9.36 Å². The van der Waals surface area contributed by atoms with Crippen molar-refractivity contribution in [3.05, 3.63) is 62.9 Å². The van der Waals surface area contributed by atoms with Gasteiger partial charge in [-0.2, -0.15) is 0 Å². The third-order valence-corrected chi connectivity index (χ3v) is 4.47. The van der Waals surface area contributed by atoms with Crippen molar-refractivity contribution >= 4 is 38.6 Å². The highest BCUT2D eigenvalue weighted by Crippen LogP contribution is 2.22. The Bertz CT molecular complexity index is 889. The SMILES string of the molecule is CSc1nc2ccc(Br)cc2c(=O)n1-c1ccccc1C. The van der Waals surface area contributed by atoms with E-state index in [-0.39, 0.29) is 5.56 Å². The van der Waals surface area contributed by atoms with Crippen molar-refractivity contribution in [3.8, 4) is 5.69 Å². The van der Waals surface area contributed by atoms with Gasteiger partial charge >= 0.3 is 0 Å². The molecule has 1 heterocycles. The molecule has 1 aromatic heterocycles. The molecule has 5 heteroatoms. The minimum Gasteiger partial charge on any atom is -0.268 e. The topological polar surface area (TPSA) is 34.9 Å². The number of nitrogens with zero attached hydrogens (tertiary/aromatic N) is 2. The van der Waals surface area contributed by atoms with E-state index < -0.39 is 0 Å². The fraction of sp³-hybridized carbons (Fsp3) is 0.125. The van der Waals surface area contributed by atoms with Crippen molar-refractivity contribution in [1.29, 1.82) is 0 Å². The largest absolute Gasteiger partial charge is 0.268 e. The smallest absolute Gasteiger partial charge is 0.266 e. The standard InChI is InChI=1S/C16H13BrN2OS/c1-10-5-3-4-6-14(10)19-15(20)12-9-11(17)7-8-13(12)18-16(19)21-2/h3-9H,1-2H3. The van der Waals surface area contributed by atoms with Crippen molar-refractivity contribution in [1.82, 2.24) is 9.55 Å². The number of halogens is 1. The second-order valence-electron chi connectivity index (χ2n) is 4.69. The fourth-order valence-corrected chi connectivity index (χ4v) is 3.22. The molecule has 0 fully saturated rings. The van der Waals surface area contributed by atoms with Crippen LogP contribution in [0, 0.1) is 6.92 Å². The van der Waals surface area contributed by atoms with E-state index in [0.29, 0.717) is 10.5 Å². The van der Waals surface area contributed by atoms with Crippen LogP contribution < -0.4 is 5.56 Å². The van der Waals surface area contributed by atoms with Gasteiger partial charge in [0.1, 0.15) is 0 Å². The molecule has 0 saturated heterocycles. The van der Waals surface area contributed by atoms with Crippen molar-refractivity contribution in [2.75, 3.05) is 6.26 Å². The lowest BCUT2D eigenvalue weighted by atomic mass is 10.2.